The Bertz CT molecular complexity index is 1030. The van der Waals surface area contributed by atoms with Gasteiger partial charge in [0.15, 0.2) is 0 Å². The first-order valence-corrected chi connectivity index (χ1v) is 12.4. The van der Waals surface area contributed by atoms with Crippen LogP contribution in [-0.2, 0) is 10.0 Å². The van der Waals surface area contributed by atoms with Crippen molar-refractivity contribution >= 4 is 32.4 Å². The van der Waals surface area contributed by atoms with Gasteiger partial charge >= 0.3 is 0 Å². The molecule has 2 unspecified atom stereocenters. The van der Waals surface area contributed by atoms with Crippen LogP contribution >= 0.6 is 11.5 Å². The molecule has 2 fully saturated rings. The van der Waals surface area contributed by atoms with E-state index < -0.39 is 26.6 Å². The van der Waals surface area contributed by atoms with Crippen LogP contribution in [0.3, 0.4) is 0 Å². The monoisotopic (exact) mass is 472 g/mol. The summed E-state index contributed by atoms with van der Waals surface area (Å²) < 4.78 is 59.7. The first kappa shape index (κ1) is 22.3. The van der Waals surface area contributed by atoms with Crippen molar-refractivity contribution in [3.8, 4) is 0 Å². The molecule has 1 aromatic carbocycles. The second-order valence-electron chi connectivity index (χ2n) is 8.63. The lowest BCUT2D eigenvalue weighted by atomic mass is 9.90. The molecule has 5 N–H and O–H groups in total. The number of hydrogen-bond acceptors (Lipinski definition) is 8. The van der Waals surface area contributed by atoms with Crippen LogP contribution in [-0.4, -0.2) is 42.9 Å². The van der Waals surface area contributed by atoms with Gasteiger partial charge in [-0.05, 0) is 50.0 Å². The van der Waals surface area contributed by atoms with Crippen LogP contribution < -0.4 is 21.1 Å². The Balaban J connectivity index is 1.42. The Labute approximate surface area is 184 Å². The van der Waals surface area contributed by atoms with E-state index in [0.29, 0.717) is 24.1 Å². The van der Waals surface area contributed by atoms with E-state index in [-0.39, 0.29) is 22.8 Å². The highest BCUT2D eigenvalue weighted by Gasteiger charge is 2.48. The van der Waals surface area contributed by atoms with Crippen molar-refractivity contribution in [3.05, 3.63) is 30.1 Å². The first-order valence-electron chi connectivity index (χ1n) is 10.2. The molecule has 1 saturated carbocycles. The summed E-state index contributed by atoms with van der Waals surface area (Å²) in [5.41, 5.74) is 6.51. The molecule has 2 aromatic rings. The summed E-state index contributed by atoms with van der Waals surface area (Å²) in [5, 5.41) is 6.43. The Morgan fingerprint density at radius 2 is 2.13 bits per heavy atom. The molecule has 1 aliphatic carbocycles. The minimum absolute atomic E-state index is 0.0321. The molecular weight excluding hydrogens is 446 g/mol. The number of halogens is 2. The average Bonchev–Trinajstić information content (AvgIpc) is 3.07. The number of nitrogens with two attached hydrogens (primary N) is 1. The predicted octanol–water partition coefficient (Wildman–Crippen LogP) is 2.52. The highest BCUT2D eigenvalue weighted by molar-refractivity contribution is 7.93. The third kappa shape index (κ3) is 5.13. The number of anilines is 2. The summed E-state index contributed by atoms with van der Waals surface area (Å²) in [6.07, 6.45) is 5.67. The zero-order valence-corrected chi connectivity index (χ0v) is 18.7. The number of sulfonamides is 1. The number of nitrogens with zero attached hydrogens (tertiary/aromatic N) is 2. The molecule has 170 valence electrons. The molecular formula is C19H26F2N6O2S2. The molecule has 31 heavy (non-hydrogen) atoms. The number of nitrogens with one attached hydrogen (secondary N) is 3. The van der Waals surface area contributed by atoms with Gasteiger partial charge in [0.05, 0.1) is 5.69 Å². The highest BCUT2D eigenvalue weighted by atomic mass is 32.2. The van der Waals surface area contributed by atoms with Crippen molar-refractivity contribution in [2.75, 3.05) is 23.1 Å². The van der Waals surface area contributed by atoms with Crippen molar-refractivity contribution in [2.45, 2.75) is 49.6 Å². The van der Waals surface area contributed by atoms with Gasteiger partial charge in [0, 0.05) is 42.8 Å². The average molecular weight is 473 g/mol. The highest BCUT2D eigenvalue weighted by Crippen LogP contribution is 2.52. The van der Waals surface area contributed by atoms with Crippen LogP contribution in [0.25, 0.3) is 0 Å². The van der Waals surface area contributed by atoms with Gasteiger partial charge in [0.2, 0.25) is 5.13 Å². The zero-order valence-electron chi connectivity index (χ0n) is 17.1. The van der Waals surface area contributed by atoms with Crippen LogP contribution in [0, 0.1) is 23.0 Å². The summed E-state index contributed by atoms with van der Waals surface area (Å²) in [6, 6.07) is 1.77. The molecule has 12 heteroatoms. The van der Waals surface area contributed by atoms with E-state index >= 15 is 0 Å². The van der Waals surface area contributed by atoms with Crippen molar-refractivity contribution in [3.63, 3.8) is 0 Å². The zero-order chi connectivity index (χ0) is 22.2. The minimum atomic E-state index is -4.33. The Hall–Kier alpha value is -1.89. The van der Waals surface area contributed by atoms with Gasteiger partial charge in [-0.3, -0.25) is 4.72 Å². The Morgan fingerprint density at radius 1 is 1.35 bits per heavy atom. The van der Waals surface area contributed by atoms with Gasteiger partial charge in [-0.25, -0.2) is 22.2 Å². The molecule has 0 radical (unpaired) electrons. The molecule has 1 aliphatic heterocycles. The molecule has 0 bridgehead atoms. The summed E-state index contributed by atoms with van der Waals surface area (Å²) in [4.78, 5) is 2.90. The quantitative estimate of drug-likeness (QED) is 0.442. The maximum Gasteiger partial charge on any atom is 0.266 e. The molecule has 4 rings (SSSR count). The van der Waals surface area contributed by atoms with Crippen LogP contribution in [0.15, 0.2) is 23.4 Å². The number of aromatic nitrogens is 2. The number of hydrogen-bond donors (Lipinski definition) is 4. The van der Waals surface area contributed by atoms with Crippen LogP contribution in [0.1, 0.15) is 32.6 Å². The lowest BCUT2D eigenvalue weighted by Gasteiger charge is -2.25. The lowest BCUT2D eigenvalue weighted by Crippen LogP contribution is -2.37. The summed E-state index contributed by atoms with van der Waals surface area (Å²) in [6.45, 7) is 3.30. The van der Waals surface area contributed by atoms with Crippen molar-refractivity contribution in [1.29, 1.82) is 0 Å². The molecule has 2 aliphatic rings. The number of benzene rings is 1. The largest absolute Gasteiger partial charge is 0.382 e. The van der Waals surface area contributed by atoms with E-state index in [4.69, 9.17) is 5.73 Å². The number of rotatable bonds is 9. The fourth-order valence-electron chi connectivity index (χ4n) is 4.10. The van der Waals surface area contributed by atoms with Crippen molar-refractivity contribution in [1.82, 2.24) is 14.7 Å². The lowest BCUT2D eigenvalue weighted by molar-refractivity contribution is 0.371. The molecule has 0 amide bonds. The van der Waals surface area contributed by atoms with Gasteiger partial charge in [0.1, 0.15) is 22.9 Å². The second-order valence-corrected chi connectivity index (χ2v) is 11.1. The predicted molar refractivity (Wildman–Crippen MR) is 115 cm³/mol. The maximum absolute atomic E-state index is 14.6. The van der Waals surface area contributed by atoms with E-state index in [0.717, 1.165) is 43.3 Å². The van der Waals surface area contributed by atoms with Crippen LogP contribution in [0.2, 0.25) is 0 Å². The fraction of sp³-hybridized carbons (Fsp3) is 0.579. The van der Waals surface area contributed by atoms with E-state index in [1.807, 2.05) is 6.92 Å². The van der Waals surface area contributed by atoms with Gasteiger partial charge in [-0.15, -0.1) is 0 Å². The minimum Gasteiger partial charge on any atom is -0.382 e. The third-order valence-electron chi connectivity index (χ3n) is 6.18. The summed E-state index contributed by atoms with van der Waals surface area (Å²) in [5.74, 6) is -1.87. The van der Waals surface area contributed by atoms with E-state index in [1.165, 1.54) is 12.8 Å². The molecule has 1 saturated heterocycles. The second kappa shape index (κ2) is 8.57. The SMILES string of the molecule is C[C@@H](N)C(CNc1cc(F)c(S(=O)(=O)Nc2ncns2)cc1F)CC1CC2(CC2)CN1. The van der Waals surface area contributed by atoms with Crippen LogP contribution in [0.5, 0.6) is 0 Å². The third-order valence-corrected chi connectivity index (χ3v) is 8.25. The fourth-order valence-corrected chi connectivity index (χ4v) is 5.83. The van der Waals surface area contributed by atoms with E-state index in [1.54, 1.807) is 0 Å². The summed E-state index contributed by atoms with van der Waals surface area (Å²) in [7, 11) is -4.33. The Morgan fingerprint density at radius 3 is 2.74 bits per heavy atom. The van der Waals surface area contributed by atoms with Gasteiger partial charge in [0.25, 0.3) is 10.0 Å². The van der Waals surface area contributed by atoms with Gasteiger partial charge < -0.3 is 16.4 Å². The Kier molecular flexibility index (Phi) is 6.16. The molecule has 1 aromatic heterocycles. The topological polar surface area (TPSA) is 122 Å². The summed E-state index contributed by atoms with van der Waals surface area (Å²) >= 11 is 0.791. The van der Waals surface area contributed by atoms with Crippen molar-refractivity contribution in [2.24, 2.45) is 17.1 Å². The van der Waals surface area contributed by atoms with Gasteiger partial charge in [-0.1, -0.05) is 0 Å². The molecule has 8 nitrogen and oxygen atoms in total. The van der Waals surface area contributed by atoms with Crippen molar-refractivity contribution < 1.29 is 17.2 Å². The smallest absolute Gasteiger partial charge is 0.266 e. The normalized spacial score (nSPS) is 21.7. The molecule has 2 heterocycles. The van der Waals surface area contributed by atoms with E-state index in [9.17, 15) is 17.2 Å². The van der Waals surface area contributed by atoms with E-state index in [2.05, 4.69) is 24.7 Å². The van der Waals surface area contributed by atoms with Crippen LogP contribution in [0.4, 0.5) is 19.6 Å². The molecule has 3 atom stereocenters. The maximum atomic E-state index is 14.6. The van der Waals surface area contributed by atoms with Gasteiger partial charge in [-0.2, -0.15) is 4.37 Å². The standard InChI is InChI=1S/C19H26F2N6O2S2/c1-11(22)12(4-13-7-19(2-3-19)9-24-13)8-23-16-5-15(21)17(6-14(16)20)31(28,29)27-18-25-10-26-30-18/h5-6,10-13,23-24H,2-4,7-9,22H2,1H3,(H,25,26,27)/t11-,12?,13?/m1/s1. The molecule has 1 spiro atoms. The first-order chi connectivity index (χ1) is 14.7.